The molecule has 1 aromatic carbocycles. The number of carboxylic acids is 1. The topological polar surface area (TPSA) is 86.7 Å². The summed E-state index contributed by atoms with van der Waals surface area (Å²) in [7, 11) is 0. The molecule has 0 saturated carbocycles. The van der Waals surface area contributed by atoms with Crippen LogP contribution < -0.4 is 5.32 Å². The van der Waals surface area contributed by atoms with E-state index in [1.165, 1.54) is 4.90 Å². The van der Waals surface area contributed by atoms with Crippen LogP contribution in [0.1, 0.15) is 41.6 Å². The number of unbranched alkanes of at least 4 members (excludes halogenated alkanes) is 2. The zero-order valence-corrected chi connectivity index (χ0v) is 12.4. The average molecular weight is 304 g/mol. The molecule has 0 aromatic heterocycles. The number of hydrogen-bond acceptors (Lipinski definition) is 3. The van der Waals surface area contributed by atoms with Gasteiger partial charge in [0.05, 0.1) is 0 Å². The maximum atomic E-state index is 12.1. The molecule has 1 aliphatic rings. The van der Waals surface area contributed by atoms with Crippen LogP contribution in [-0.4, -0.2) is 40.9 Å². The summed E-state index contributed by atoms with van der Waals surface area (Å²) in [6.45, 7) is 1.04. The first kappa shape index (κ1) is 16.0. The van der Waals surface area contributed by atoms with Gasteiger partial charge >= 0.3 is 5.97 Å². The third-order valence-corrected chi connectivity index (χ3v) is 3.62. The second kappa shape index (κ2) is 7.59. The Morgan fingerprint density at radius 3 is 2.68 bits per heavy atom. The molecule has 0 atom stereocenters. The normalized spacial score (nSPS) is 13.1. The van der Waals surface area contributed by atoms with E-state index in [1.807, 2.05) is 18.2 Å². The fraction of sp³-hybridized carbons (Fsp3) is 0.438. The van der Waals surface area contributed by atoms with Crippen LogP contribution in [-0.2, 0) is 16.1 Å². The van der Waals surface area contributed by atoms with Crippen LogP contribution in [0.4, 0.5) is 0 Å². The number of carbonyl (C=O) groups excluding carboxylic acids is 2. The largest absolute Gasteiger partial charge is 0.481 e. The minimum atomic E-state index is -0.795. The Balaban J connectivity index is 1.66. The molecule has 0 unspecified atom stereocenters. The zero-order valence-electron chi connectivity index (χ0n) is 12.4. The highest BCUT2D eigenvalue weighted by Gasteiger charge is 2.27. The first-order valence-corrected chi connectivity index (χ1v) is 7.43. The van der Waals surface area contributed by atoms with E-state index < -0.39 is 5.97 Å². The van der Waals surface area contributed by atoms with Gasteiger partial charge < -0.3 is 15.3 Å². The minimum Gasteiger partial charge on any atom is -0.481 e. The second-order valence-corrected chi connectivity index (χ2v) is 5.37. The highest BCUT2D eigenvalue weighted by molar-refractivity contribution is 6.00. The van der Waals surface area contributed by atoms with Crippen LogP contribution in [0.15, 0.2) is 24.3 Å². The van der Waals surface area contributed by atoms with Gasteiger partial charge in [0.2, 0.25) is 5.91 Å². The van der Waals surface area contributed by atoms with E-state index >= 15 is 0 Å². The Hall–Kier alpha value is -2.37. The van der Waals surface area contributed by atoms with Gasteiger partial charge in [-0.05, 0) is 24.5 Å². The second-order valence-electron chi connectivity index (χ2n) is 5.37. The summed E-state index contributed by atoms with van der Waals surface area (Å²) in [5.74, 6) is -1.08. The number of carbonyl (C=O) groups is 3. The monoisotopic (exact) mass is 304 g/mol. The molecular weight excluding hydrogens is 284 g/mol. The first-order valence-electron chi connectivity index (χ1n) is 7.43. The molecule has 6 heteroatoms. The molecule has 0 radical (unpaired) electrons. The van der Waals surface area contributed by atoms with Crippen molar-refractivity contribution >= 4 is 17.8 Å². The summed E-state index contributed by atoms with van der Waals surface area (Å²) < 4.78 is 0. The van der Waals surface area contributed by atoms with E-state index in [1.54, 1.807) is 6.07 Å². The Bertz CT molecular complexity index is 571. The summed E-state index contributed by atoms with van der Waals surface area (Å²) in [5.41, 5.74) is 1.62. The first-order chi connectivity index (χ1) is 10.6. The lowest BCUT2D eigenvalue weighted by molar-refractivity contribution is -0.137. The molecule has 1 aromatic rings. The lowest BCUT2D eigenvalue weighted by Gasteiger charge is -2.15. The molecular formula is C16H20N2O4. The Morgan fingerprint density at radius 2 is 1.95 bits per heavy atom. The van der Waals surface area contributed by atoms with Crippen LogP contribution >= 0.6 is 0 Å². The zero-order chi connectivity index (χ0) is 15.9. The third-order valence-electron chi connectivity index (χ3n) is 3.62. The van der Waals surface area contributed by atoms with Crippen molar-refractivity contribution in [1.82, 2.24) is 10.2 Å². The Labute approximate surface area is 129 Å². The maximum Gasteiger partial charge on any atom is 0.303 e. The predicted molar refractivity (Wildman–Crippen MR) is 80.3 cm³/mol. The summed E-state index contributed by atoms with van der Waals surface area (Å²) in [6, 6.07) is 7.37. The highest BCUT2D eigenvalue weighted by atomic mass is 16.4. The standard InChI is InChI=1S/C16H20N2O4/c19-14(17-9-5-1-2-8-15(20)21)11-18-10-12-6-3-4-7-13(12)16(18)22/h3-4,6-7H,1-2,5,8-11H2,(H,17,19)(H,20,21). The number of aliphatic carboxylic acids is 1. The quantitative estimate of drug-likeness (QED) is 0.711. The Morgan fingerprint density at radius 1 is 1.18 bits per heavy atom. The van der Waals surface area contributed by atoms with Crippen molar-refractivity contribution in [2.45, 2.75) is 32.2 Å². The molecule has 6 nitrogen and oxygen atoms in total. The van der Waals surface area contributed by atoms with Crippen molar-refractivity contribution in [2.75, 3.05) is 13.1 Å². The van der Waals surface area contributed by atoms with Gasteiger partial charge in [0, 0.05) is 25.1 Å². The molecule has 2 rings (SSSR count). The van der Waals surface area contributed by atoms with Gasteiger partial charge in [-0.2, -0.15) is 0 Å². The highest BCUT2D eigenvalue weighted by Crippen LogP contribution is 2.21. The van der Waals surface area contributed by atoms with Gasteiger partial charge in [0.15, 0.2) is 0 Å². The fourth-order valence-corrected chi connectivity index (χ4v) is 2.48. The summed E-state index contributed by atoms with van der Waals surface area (Å²) in [5, 5.41) is 11.3. The van der Waals surface area contributed by atoms with Crippen molar-refractivity contribution in [1.29, 1.82) is 0 Å². The number of amides is 2. The molecule has 0 bridgehead atoms. The Kier molecular flexibility index (Phi) is 5.52. The van der Waals surface area contributed by atoms with E-state index in [4.69, 9.17) is 5.11 Å². The number of rotatable bonds is 8. The van der Waals surface area contributed by atoms with E-state index in [9.17, 15) is 14.4 Å². The SMILES string of the molecule is O=C(O)CCCCCNC(=O)CN1Cc2ccccc2C1=O. The number of nitrogens with zero attached hydrogens (tertiary/aromatic N) is 1. The number of fused-ring (bicyclic) bond motifs is 1. The molecule has 1 heterocycles. The number of benzene rings is 1. The van der Waals surface area contributed by atoms with Crippen molar-refractivity contribution in [3.63, 3.8) is 0 Å². The van der Waals surface area contributed by atoms with E-state index in [0.29, 0.717) is 25.1 Å². The summed E-state index contributed by atoms with van der Waals surface area (Å²) in [4.78, 5) is 35.8. The molecule has 22 heavy (non-hydrogen) atoms. The summed E-state index contributed by atoms with van der Waals surface area (Å²) in [6.07, 6.45) is 2.29. The van der Waals surface area contributed by atoms with Crippen LogP contribution in [0.2, 0.25) is 0 Å². The molecule has 0 spiro atoms. The molecule has 0 aliphatic carbocycles. The molecule has 118 valence electrons. The van der Waals surface area contributed by atoms with Gasteiger partial charge in [-0.3, -0.25) is 14.4 Å². The minimum absolute atomic E-state index is 0.0582. The van der Waals surface area contributed by atoms with Crippen molar-refractivity contribution in [2.24, 2.45) is 0 Å². The number of nitrogens with one attached hydrogen (secondary N) is 1. The van der Waals surface area contributed by atoms with Gasteiger partial charge in [0.1, 0.15) is 6.54 Å². The van der Waals surface area contributed by atoms with Gasteiger partial charge in [-0.15, -0.1) is 0 Å². The summed E-state index contributed by atoms with van der Waals surface area (Å²) >= 11 is 0. The van der Waals surface area contributed by atoms with Crippen LogP contribution in [0.25, 0.3) is 0 Å². The van der Waals surface area contributed by atoms with Gasteiger partial charge in [-0.25, -0.2) is 0 Å². The molecule has 0 saturated heterocycles. The predicted octanol–water partition coefficient (Wildman–Crippen LogP) is 1.40. The van der Waals surface area contributed by atoms with Crippen molar-refractivity contribution < 1.29 is 19.5 Å². The van der Waals surface area contributed by atoms with E-state index in [2.05, 4.69) is 5.32 Å². The molecule has 2 amide bonds. The van der Waals surface area contributed by atoms with Gasteiger partial charge in [-0.1, -0.05) is 24.6 Å². The fourth-order valence-electron chi connectivity index (χ4n) is 2.48. The average Bonchev–Trinajstić information content (AvgIpc) is 2.79. The third kappa shape index (κ3) is 4.31. The molecule has 0 fully saturated rings. The number of carboxylic acid groups (broad SMARTS) is 1. The lowest BCUT2D eigenvalue weighted by atomic mass is 10.1. The van der Waals surface area contributed by atoms with Crippen molar-refractivity contribution in [3.8, 4) is 0 Å². The van der Waals surface area contributed by atoms with Crippen LogP contribution in [0.5, 0.6) is 0 Å². The molecule has 1 aliphatic heterocycles. The van der Waals surface area contributed by atoms with Crippen LogP contribution in [0.3, 0.4) is 0 Å². The van der Waals surface area contributed by atoms with E-state index in [0.717, 1.165) is 18.4 Å². The maximum absolute atomic E-state index is 12.1. The van der Waals surface area contributed by atoms with Gasteiger partial charge in [0.25, 0.3) is 5.91 Å². The van der Waals surface area contributed by atoms with Crippen molar-refractivity contribution in [3.05, 3.63) is 35.4 Å². The smallest absolute Gasteiger partial charge is 0.303 e. The lowest BCUT2D eigenvalue weighted by Crippen LogP contribution is -2.37. The van der Waals surface area contributed by atoms with Crippen LogP contribution in [0, 0.1) is 0 Å². The number of hydrogen-bond donors (Lipinski definition) is 2. The molecule has 2 N–H and O–H groups in total. The van der Waals surface area contributed by atoms with E-state index in [-0.39, 0.29) is 24.8 Å².